The average molecular weight is 226 g/mol. The van der Waals surface area contributed by atoms with Gasteiger partial charge in [-0.05, 0) is 0 Å². The molecule has 1 amide bonds. The van der Waals surface area contributed by atoms with E-state index in [0.717, 1.165) is 5.69 Å². The minimum absolute atomic E-state index is 0.0514. The van der Waals surface area contributed by atoms with Crippen LogP contribution in [0.1, 0.15) is 12.1 Å². The Labute approximate surface area is 94.6 Å². The molecule has 6 nitrogen and oxygen atoms in total. The van der Waals surface area contributed by atoms with Gasteiger partial charge in [0.05, 0.1) is 19.0 Å². The molecule has 0 aromatic carbocycles. The maximum atomic E-state index is 11.4. The Morgan fingerprint density at radius 2 is 2.56 bits per heavy atom. The van der Waals surface area contributed by atoms with Crippen LogP contribution >= 0.6 is 0 Å². The average Bonchev–Trinajstić information content (AvgIpc) is 2.71. The number of amides is 1. The number of hydrogen-bond acceptors (Lipinski definition) is 4. The Kier molecular flexibility index (Phi) is 5.52. The number of methoxy groups -OCH3 is 1. The topological polar surface area (TPSA) is 93.0 Å². The summed E-state index contributed by atoms with van der Waals surface area (Å²) in [5.41, 5.74) is 6.27. The molecule has 0 unspecified atom stereocenters. The molecule has 1 atom stereocenters. The first-order valence-corrected chi connectivity index (χ1v) is 5.22. The predicted octanol–water partition coefficient (Wildman–Crippen LogP) is -0.568. The fraction of sp³-hybridized carbons (Fsp3) is 0.600. The second kappa shape index (κ2) is 6.97. The van der Waals surface area contributed by atoms with E-state index >= 15 is 0 Å². The number of nitrogens with one attached hydrogen (secondary N) is 2. The van der Waals surface area contributed by atoms with Crippen LogP contribution in [0, 0.1) is 0 Å². The van der Waals surface area contributed by atoms with Crippen molar-refractivity contribution in [3.8, 4) is 0 Å². The highest BCUT2D eigenvalue weighted by Gasteiger charge is 2.12. The molecular formula is C10H18N4O2. The molecule has 0 saturated heterocycles. The van der Waals surface area contributed by atoms with Crippen LogP contribution in [-0.4, -0.2) is 42.2 Å². The van der Waals surface area contributed by atoms with Crippen LogP contribution in [0.4, 0.5) is 0 Å². The van der Waals surface area contributed by atoms with Crippen LogP contribution in [-0.2, 0) is 16.0 Å². The lowest BCUT2D eigenvalue weighted by molar-refractivity contribution is -0.121. The molecule has 90 valence electrons. The third kappa shape index (κ3) is 4.41. The zero-order valence-electron chi connectivity index (χ0n) is 9.40. The number of ether oxygens (including phenoxy) is 1. The van der Waals surface area contributed by atoms with Crippen molar-refractivity contribution in [1.29, 1.82) is 0 Å². The first-order chi connectivity index (χ1) is 7.76. The van der Waals surface area contributed by atoms with Crippen molar-refractivity contribution < 1.29 is 9.53 Å². The Bertz CT molecular complexity index is 300. The van der Waals surface area contributed by atoms with Crippen LogP contribution in [0.5, 0.6) is 0 Å². The summed E-state index contributed by atoms with van der Waals surface area (Å²) >= 11 is 0. The monoisotopic (exact) mass is 226 g/mol. The van der Waals surface area contributed by atoms with E-state index in [9.17, 15) is 4.79 Å². The number of imidazole rings is 1. The summed E-state index contributed by atoms with van der Waals surface area (Å²) in [6.45, 7) is 0.824. The fourth-order valence-electron chi connectivity index (χ4n) is 1.45. The highest BCUT2D eigenvalue weighted by atomic mass is 16.5. The maximum Gasteiger partial charge on any atom is 0.221 e. The van der Waals surface area contributed by atoms with E-state index in [1.807, 2.05) is 0 Å². The number of H-pyrrole nitrogens is 1. The minimum Gasteiger partial charge on any atom is -0.383 e. The molecule has 0 saturated carbocycles. The molecule has 1 rings (SSSR count). The van der Waals surface area contributed by atoms with Gasteiger partial charge < -0.3 is 20.8 Å². The quantitative estimate of drug-likeness (QED) is 0.580. The maximum absolute atomic E-state index is 11.4. The van der Waals surface area contributed by atoms with Crippen molar-refractivity contribution in [2.75, 3.05) is 20.3 Å². The van der Waals surface area contributed by atoms with Gasteiger partial charge in [-0.25, -0.2) is 4.98 Å². The molecule has 6 heteroatoms. The lowest BCUT2D eigenvalue weighted by Crippen LogP contribution is -2.40. The number of rotatable bonds is 7. The largest absolute Gasteiger partial charge is 0.383 e. The number of nitrogens with two attached hydrogens (primary N) is 1. The van der Waals surface area contributed by atoms with Gasteiger partial charge in [0.15, 0.2) is 0 Å². The smallest absolute Gasteiger partial charge is 0.221 e. The molecule has 1 aromatic rings. The van der Waals surface area contributed by atoms with Crippen molar-refractivity contribution in [2.45, 2.75) is 18.9 Å². The molecule has 1 aromatic heterocycles. The standard InChI is InChI=1S/C10H18N4O2/c1-16-6-9(14-10(15)2-3-11)4-8-5-12-7-13-8/h5,7,9H,2-4,6,11H2,1H3,(H,12,13)(H,14,15)/t9-/m0/s1. The Balaban J connectivity index is 2.44. The second-order valence-corrected chi connectivity index (χ2v) is 3.54. The SMILES string of the molecule is COC[C@H](Cc1cnc[nH]1)NC(=O)CCN. The molecule has 0 aliphatic rings. The molecule has 4 N–H and O–H groups in total. The number of hydrogen-bond donors (Lipinski definition) is 3. The van der Waals surface area contributed by atoms with E-state index < -0.39 is 0 Å². The fourth-order valence-corrected chi connectivity index (χ4v) is 1.45. The van der Waals surface area contributed by atoms with E-state index in [4.69, 9.17) is 10.5 Å². The van der Waals surface area contributed by atoms with E-state index in [-0.39, 0.29) is 11.9 Å². The van der Waals surface area contributed by atoms with Crippen LogP contribution in [0.25, 0.3) is 0 Å². The van der Waals surface area contributed by atoms with Gasteiger partial charge in [0, 0.05) is 38.4 Å². The normalized spacial score (nSPS) is 12.4. The summed E-state index contributed by atoms with van der Waals surface area (Å²) in [7, 11) is 1.61. The van der Waals surface area contributed by atoms with Gasteiger partial charge in [0.25, 0.3) is 0 Å². The zero-order chi connectivity index (χ0) is 11.8. The minimum atomic E-state index is -0.0518. The van der Waals surface area contributed by atoms with Gasteiger partial charge in [0.1, 0.15) is 0 Å². The Morgan fingerprint density at radius 1 is 1.75 bits per heavy atom. The Hall–Kier alpha value is -1.40. The lowest BCUT2D eigenvalue weighted by Gasteiger charge is -2.16. The van der Waals surface area contributed by atoms with Gasteiger partial charge in [-0.2, -0.15) is 0 Å². The van der Waals surface area contributed by atoms with Gasteiger partial charge in [0.2, 0.25) is 5.91 Å². The predicted molar refractivity (Wildman–Crippen MR) is 59.8 cm³/mol. The number of carbonyl (C=O) groups excluding carboxylic acids is 1. The molecule has 0 aliphatic carbocycles. The summed E-state index contributed by atoms with van der Waals surface area (Å²) in [4.78, 5) is 18.3. The van der Waals surface area contributed by atoms with Crippen molar-refractivity contribution >= 4 is 5.91 Å². The van der Waals surface area contributed by atoms with Crippen molar-refractivity contribution in [3.63, 3.8) is 0 Å². The number of aromatic nitrogens is 2. The first-order valence-electron chi connectivity index (χ1n) is 5.22. The molecule has 1 heterocycles. The third-order valence-corrected chi connectivity index (χ3v) is 2.13. The number of aromatic amines is 1. The second-order valence-electron chi connectivity index (χ2n) is 3.54. The van der Waals surface area contributed by atoms with Crippen molar-refractivity contribution in [2.24, 2.45) is 5.73 Å². The third-order valence-electron chi connectivity index (χ3n) is 2.13. The number of nitrogens with zero attached hydrogens (tertiary/aromatic N) is 1. The van der Waals surface area contributed by atoms with Gasteiger partial charge in [-0.15, -0.1) is 0 Å². The van der Waals surface area contributed by atoms with Gasteiger partial charge in [-0.3, -0.25) is 4.79 Å². The lowest BCUT2D eigenvalue weighted by atomic mass is 10.1. The summed E-state index contributed by atoms with van der Waals surface area (Å²) in [5.74, 6) is -0.0518. The summed E-state index contributed by atoms with van der Waals surface area (Å²) in [6, 6.07) is -0.0514. The zero-order valence-corrected chi connectivity index (χ0v) is 9.40. The first kappa shape index (κ1) is 12.7. The summed E-state index contributed by atoms with van der Waals surface area (Å²) in [6.07, 6.45) is 4.35. The van der Waals surface area contributed by atoms with Crippen molar-refractivity contribution in [1.82, 2.24) is 15.3 Å². The van der Waals surface area contributed by atoms with Gasteiger partial charge >= 0.3 is 0 Å². The summed E-state index contributed by atoms with van der Waals surface area (Å²) < 4.78 is 5.05. The highest BCUT2D eigenvalue weighted by Crippen LogP contribution is 1.99. The highest BCUT2D eigenvalue weighted by molar-refractivity contribution is 5.76. The van der Waals surface area contributed by atoms with Gasteiger partial charge in [-0.1, -0.05) is 0 Å². The van der Waals surface area contributed by atoms with E-state index in [1.165, 1.54) is 0 Å². The molecule has 0 fully saturated rings. The number of carbonyl (C=O) groups is 1. The molecular weight excluding hydrogens is 208 g/mol. The molecule has 0 bridgehead atoms. The van der Waals surface area contributed by atoms with Crippen LogP contribution in [0.2, 0.25) is 0 Å². The van der Waals surface area contributed by atoms with Crippen LogP contribution < -0.4 is 11.1 Å². The van der Waals surface area contributed by atoms with Crippen molar-refractivity contribution in [3.05, 3.63) is 18.2 Å². The molecule has 0 radical (unpaired) electrons. The molecule has 16 heavy (non-hydrogen) atoms. The summed E-state index contributed by atoms with van der Waals surface area (Å²) in [5, 5.41) is 2.87. The van der Waals surface area contributed by atoms with Crippen LogP contribution in [0.3, 0.4) is 0 Å². The van der Waals surface area contributed by atoms with E-state index in [1.54, 1.807) is 19.6 Å². The molecule has 0 aliphatic heterocycles. The van der Waals surface area contributed by atoms with E-state index in [2.05, 4.69) is 15.3 Å². The Morgan fingerprint density at radius 3 is 3.12 bits per heavy atom. The molecule has 0 spiro atoms. The van der Waals surface area contributed by atoms with Crippen LogP contribution in [0.15, 0.2) is 12.5 Å². The van der Waals surface area contributed by atoms with E-state index in [0.29, 0.717) is 26.0 Å².